The molecule has 0 spiro atoms. The Morgan fingerprint density at radius 2 is 1.88 bits per heavy atom. The lowest BCUT2D eigenvalue weighted by molar-refractivity contribution is 0.288. The van der Waals surface area contributed by atoms with Gasteiger partial charge in [-0.3, -0.25) is 9.13 Å². The van der Waals surface area contributed by atoms with Gasteiger partial charge in [0.15, 0.2) is 0 Å². The van der Waals surface area contributed by atoms with Gasteiger partial charge in [-0.1, -0.05) is 13.8 Å². The zero-order valence-corrected chi connectivity index (χ0v) is 10.8. The van der Waals surface area contributed by atoms with Crippen LogP contribution in [0.15, 0.2) is 17.2 Å². The average molecular weight is 225 g/mol. The Morgan fingerprint density at radius 1 is 1.25 bits per heavy atom. The van der Waals surface area contributed by atoms with E-state index in [1.54, 1.807) is 9.13 Å². The Kier molecular flexibility index (Phi) is 4.80. The van der Waals surface area contributed by atoms with Crippen LogP contribution in [0.2, 0.25) is 0 Å². The summed E-state index contributed by atoms with van der Waals surface area (Å²) in [7, 11) is 0. The summed E-state index contributed by atoms with van der Waals surface area (Å²) >= 11 is 0. The van der Waals surface area contributed by atoms with E-state index in [0.29, 0.717) is 0 Å². The lowest BCUT2D eigenvalue weighted by Crippen LogP contribution is -2.31. The minimum Gasteiger partial charge on any atom is -0.302 e. The molecule has 0 atom stereocenters. The molecule has 16 heavy (non-hydrogen) atoms. The lowest BCUT2D eigenvalue weighted by atomic mass is 10.4. The molecule has 0 fully saturated rings. The molecular formula is C12H23N3O. The van der Waals surface area contributed by atoms with Crippen molar-refractivity contribution in [1.82, 2.24) is 14.0 Å². The van der Waals surface area contributed by atoms with Gasteiger partial charge in [0.1, 0.15) is 0 Å². The van der Waals surface area contributed by atoms with Gasteiger partial charge in [-0.25, -0.2) is 4.79 Å². The number of hydrogen-bond donors (Lipinski definition) is 0. The summed E-state index contributed by atoms with van der Waals surface area (Å²) in [5.74, 6) is 0. The van der Waals surface area contributed by atoms with Crippen LogP contribution in [0.1, 0.15) is 33.7 Å². The molecule has 4 heteroatoms. The van der Waals surface area contributed by atoms with Gasteiger partial charge in [0, 0.05) is 31.5 Å². The van der Waals surface area contributed by atoms with Gasteiger partial charge >= 0.3 is 5.69 Å². The van der Waals surface area contributed by atoms with Crippen LogP contribution in [0.5, 0.6) is 0 Å². The highest BCUT2D eigenvalue weighted by atomic mass is 16.1. The fourth-order valence-corrected chi connectivity index (χ4v) is 1.78. The summed E-state index contributed by atoms with van der Waals surface area (Å²) in [5, 5.41) is 0. The highest BCUT2D eigenvalue weighted by Crippen LogP contribution is 1.99. The first kappa shape index (κ1) is 13.0. The van der Waals surface area contributed by atoms with Crippen LogP contribution in [0.3, 0.4) is 0 Å². The molecule has 0 amide bonds. The minimum absolute atomic E-state index is 0.0992. The monoisotopic (exact) mass is 225 g/mol. The van der Waals surface area contributed by atoms with Crippen LogP contribution < -0.4 is 5.69 Å². The molecule has 0 aliphatic heterocycles. The topological polar surface area (TPSA) is 30.2 Å². The molecule has 0 bridgehead atoms. The Morgan fingerprint density at radius 3 is 2.31 bits per heavy atom. The molecule has 1 aromatic rings. The number of imidazole rings is 1. The summed E-state index contributed by atoms with van der Waals surface area (Å²) in [4.78, 5) is 14.2. The molecule has 0 saturated heterocycles. The second kappa shape index (κ2) is 5.89. The third-order valence-corrected chi connectivity index (χ3v) is 2.98. The van der Waals surface area contributed by atoms with Gasteiger partial charge in [0.25, 0.3) is 0 Å². The van der Waals surface area contributed by atoms with Crippen molar-refractivity contribution >= 4 is 0 Å². The molecule has 0 unspecified atom stereocenters. The fraction of sp³-hybridized carbons (Fsp3) is 0.750. The minimum atomic E-state index is 0.0992. The summed E-state index contributed by atoms with van der Waals surface area (Å²) < 4.78 is 3.56. The van der Waals surface area contributed by atoms with Crippen molar-refractivity contribution in [3.8, 4) is 0 Å². The van der Waals surface area contributed by atoms with Crippen molar-refractivity contribution in [3.05, 3.63) is 22.9 Å². The normalized spacial score (nSPS) is 11.6. The van der Waals surface area contributed by atoms with E-state index in [1.807, 2.05) is 26.2 Å². The Bertz CT molecular complexity index is 361. The number of hydrogen-bond acceptors (Lipinski definition) is 2. The van der Waals surface area contributed by atoms with E-state index in [9.17, 15) is 4.79 Å². The third kappa shape index (κ3) is 2.98. The number of likely N-dealkylation sites (N-methyl/N-ethyl adjacent to an activating group) is 1. The fourth-order valence-electron chi connectivity index (χ4n) is 1.78. The molecule has 0 aliphatic rings. The number of nitrogens with zero attached hydrogens (tertiary/aromatic N) is 3. The average Bonchev–Trinajstić information content (AvgIpc) is 2.62. The summed E-state index contributed by atoms with van der Waals surface area (Å²) in [6.45, 7) is 12.1. The molecule has 0 radical (unpaired) electrons. The summed E-state index contributed by atoms with van der Waals surface area (Å²) in [6, 6.07) is 0.238. The van der Waals surface area contributed by atoms with Crippen LogP contribution in [0.4, 0.5) is 0 Å². The van der Waals surface area contributed by atoms with Crippen molar-refractivity contribution in [1.29, 1.82) is 0 Å². The molecular weight excluding hydrogens is 202 g/mol. The van der Waals surface area contributed by atoms with Crippen LogP contribution in [0.25, 0.3) is 0 Å². The smallest absolute Gasteiger partial charge is 0.302 e. The Hall–Kier alpha value is -1.03. The second-order valence-corrected chi connectivity index (χ2v) is 4.30. The molecule has 0 saturated carbocycles. The van der Waals surface area contributed by atoms with Crippen molar-refractivity contribution in [2.24, 2.45) is 0 Å². The number of rotatable bonds is 6. The van der Waals surface area contributed by atoms with Crippen molar-refractivity contribution in [2.75, 3.05) is 19.6 Å². The van der Waals surface area contributed by atoms with Gasteiger partial charge in [0.2, 0.25) is 0 Å². The van der Waals surface area contributed by atoms with Gasteiger partial charge < -0.3 is 4.90 Å². The van der Waals surface area contributed by atoms with Crippen LogP contribution in [-0.2, 0) is 6.54 Å². The predicted molar refractivity (Wildman–Crippen MR) is 66.9 cm³/mol. The van der Waals surface area contributed by atoms with Crippen molar-refractivity contribution in [2.45, 2.75) is 40.3 Å². The first-order valence-electron chi connectivity index (χ1n) is 6.09. The maximum Gasteiger partial charge on any atom is 0.328 e. The molecule has 0 aliphatic carbocycles. The largest absolute Gasteiger partial charge is 0.328 e. The van der Waals surface area contributed by atoms with Crippen LogP contribution in [-0.4, -0.2) is 33.7 Å². The van der Waals surface area contributed by atoms with Gasteiger partial charge in [-0.15, -0.1) is 0 Å². The molecule has 0 aromatic carbocycles. The zero-order valence-electron chi connectivity index (χ0n) is 10.8. The highest BCUT2D eigenvalue weighted by molar-refractivity contribution is 4.83. The SMILES string of the molecule is CCN(CC)CCn1ccn(C(C)C)c1=O. The second-order valence-electron chi connectivity index (χ2n) is 4.30. The van der Waals surface area contributed by atoms with Gasteiger partial charge in [-0.2, -0.15) is 0 Å². The molecule has 1 heterocycles. The van der Waals surface area contributed by atoms with Crippen LogP contribution >= 0.6 is 0 Å². The highest BCUT2D eigenvalue weighted by Gasteiger charge is 2.06. The van der Waals surface area contributed by atoms with E-state index >= 15 is 0 Å². The maximum atomic E-state index is 11.9. The summed E-state index contributed by atoms with van der Waals surface area (Å²) in [5.41, 5.74) is 0.0992. The van der Waals surface area contributed by atoms with E-state index in [1.165, 1.54) is 0 Å². The lowest BCUT2D eigenvalue weighted by Gasteiger charge is -2.17. The Labute approximate surface area is 97.5 Å². The third-order valence-electron chi connectivity index (χ3n) is 2.98. The van der Waals surface area contributed by atoms with Crippen molar-refractivity contribution < 1.29 is 0 Å². The molecule has 1 rings (SSSR count). The quantitative estimate of drug-likeness (QED) is 0.735. The molecule has 1 aromatic heterocycles. The van der Waals surface area contributed by atoms with E-state index in [-0.39, 0.29) is 11.7 Å². The zero-order chi connectivity index (χ0) is 12.1. The van der Waals surface area contributed by atoms with E-state index in [2.05, 4.69) is 18.7 Å². The maximum absolute atomic E-state index is 11.9. The Balaban J connectivity index is 2.65. The molecule has 4 nitrogen and oxygen atoms in total. The molecule has 0 N–H and O–H groups in total. The number of aromatic nitrogens is 2. The predicted octanol–water partition coefficient (Wildman–Crippen LogP) is 1.57. The van der Waals surface area contributed by atoms with Crippen molar-refractivity contribution in [3.63, 3.8) is 0 Å². The van der Waals surface area contributed by atoms with Gasteiger partial charge in [0.05, 0.1) is 0 Å². The van der Waals surface area contributed by atoms with E-state index in [0.717, 1.165) is 26.2 Å². The van der Waals surface area contributed by atoms with E-state index < -0.39 is 0 Å². The first-order chi connectivity index (χ1) is 7.60. The first-order valence-corrected chi connectivity index (χ1v) is 6.09. The molecule has 92 valence electrons. The van der Waals surface area contributed by atoms with Gasteiger partial charge in [-0.05, 0) is 26.9 Å². The summed E-state index contributed by atoms with van der Waals surface area (Å²) in [6.07, 6.45) is 3.75. The van der Waals surface area contributed by atoms with Crippen LogP contribution in [0, 0.1) is 0 Å². The van der Waals surface area contributed by atoms with E-state index in [4.69, 9.17) is 0 Å². The standard InChI is InChI=1S/C12H23N3O/c1-5-13(6-2)7-8-14-9-10-15(11(3)4)12(14)16/h9-11H,5-8H2,1-4H3.